The summed E-state index contributed by atoms with van der Waals surface area (Å²) < 4.78 is 19.2. The van der Waals surface area contributed by atoms with Crippen molar-refractivity contribution in [3.05, 3.63) is 29.6 Å². The summed E-state index contributed by atoms with van der Waals surface area (Å²) in [5.41, 5.74) is 7.13. The third-order valence-electron chi connectivity index (χ3n) is 5.48. The molecule has 26 heavy (non-hydrogen) atoms. The third-order valence-corrected chi connectivity index (χ3v) is 5.48. The lowest BCUT2D eigenvalue weighted by Crippen LogP contribution is -2.57. The molecule has 0 aromatic heterocycles. The lowest BCUT2D eigenvalue weighted by molar-refractivity contribution is -0.130. The molecule has 3 rings (SSSR count). The molecule has 7 heteroatoms. The van der Waals surface area contributed by atoms with E-state index in [1.54, 1.807) is 0 Å². The normalized spacial score (nSPS) is 22.1. The Morgan fingerprint density at radius 3 is 2.58 bits per heavy atom. The van der Waals surface area contributed by atoms with Crippen LogP contribution >= 0.6 is 0 Å². The van der Waals surface area contributed by atoms with Gasteiger partial charge in [-0.1, -0.05) is 0 Å². The van der Waals surface area contributed by atoms with Crippen molar-refractivity contribution in [2.24, 2.45) is 5.73 Å². The minimum Gasteiger partial charge on any atom is -0.381 e. The molecule has 2 heterocycles. The predicted molar refractivity (Wildman–Crippen MR) is 99.6 cm³/mol. The van der Waals surface area contributed by atoms with Crippen molar-refractivity contribution < 1.29 is 13.9 Å². The number of nitrogens with one attached hydrogen (secondary N) is 1. The molecule has 3 N–H and O–H groups in total. The van der Waals surface area contributed by atoms with Gasteiger partial charge in [-0.25, -0.2) is 4.39 Å². The highest BCUT2D eigenvalue weighted by Crippen LogP contribution is 2.29. The number of amides is 1. The van der Waals surface area contributed by atoms with E-state index < -0.39 is 5.54 Å². The molecule has 0 bridgehead atoms. The second-order valence-corrected chi connectivity index (χ2v) is 7.46. The summed E-state index contributed by atoms with van der Waals surface area (Å²) in [6.45, 7) is 6.55. The zero-order valence-corrected chi connectivity index (χ0v) is 15.6. The molecule has 144 valence electrons. The Balaban J connectivity index is 1.76. The zero-order chi connectivity index (χ0) is 18.7. The Labute approximate surface area is 154 Å². The summed E-state index contributed by atoms with van der Waals surface area (Å²) in [5.74, 6) is -0.491. The largest absolute Gasteiger partial charge is 0.381 e. The van der Waals surface area contributed by atoms with E-state index in [0.717, 1.165) is 37.4 Å². The van der Waals surface area contributed by atoms with Gasteiger partial charge in [0.05, 0.1) is 11.6 Å². The fourth-order valence-corrected chi connectivity index (χ4v) is 3.59. The zero-order valence-electron chi connectivity index (χ0n) is 15.6. The summed E-state index contributed by atoms with van der Waals surface area (Å²) in [5, 5.41) is 3.00. The van der Waals surface area contributed by atoms with Crippen molar-refractivity contribution in [3.63, 3.8) is 0 Å². The highest BCUT2D eigenvalue weighted by Gasteiger charge is 2.36. The Morgan fingerprint density at radius 2 is 1.92 bits per heavy atom. The molecule has 0 spiro atoms. The summed E-state index contributed by atoms with van der Waals surface area (Å²) in [7, 11) is 2.10. The van der Waals surface area contributed by atoms with E-state index in [1.165, 1.54) is 12.1 Å². The summed E-state index contributed by atoms with van der Waals surface area (Å²) in [6.07, 6.45) is 1.00. The van der Waals surface area contributed by atoms with Gasteiger partial charge in [0.1, 0.15) is 5.82 Å². The van der Waals surface area contributed by atoms with E-state index in [9.17, 15) is 9.18 Å². The van der Waals surface area contributed by atoms with E-state index in [0.29, 0.717) is 26.1 Å². The molecule has 2 saturated heterocycles. The maximum Gasteiger partial charge on any atom is 0.240 e. The highest BCUT2D eigenvalue weighted by molar-refractivity contribution is 5.86. The molecular formula is C19H29FN4O2. The Hall–Kier alpha value is -1.70. The first-order valence-electron chi connectivity index (χ1n) is 9.29. The van der Waals surface area contributed by atoms with Crippen LogP contribution in [0.1, 0.15) is 31.4 Å². The van der Waals surface area contributed by atoms with Crippen molar-refractivity contribution in [2.45, 2.75) is 31.3 Å². The number of anilines is 1. The Kier molecular flexibility index (Phi) is 5.79. The quantitative estimate of drug-likeness (QED) is 0.842. The summed E-state index contributed by atoms with van der Waals surface area (Å²) in [6, 6.07) is 4.49. The average molecular weight is 364 g/mol. The predicted octanol–water partition coefficient (Wildman–Crippen LogP) is 1.26. The van der Waals surface area contributed by atoms with Crippen LogP contribution in [0.15, 0.2) is 18.2 Å². The van der Waals surface area contributed by atoms with Gasteiger partial charge in [0.15, 0.2) is 0 Å². The number of halogens is 1. The van der Waals surface area contributed by atoms with Crippen LogP contribution in [0.3, 0.4) is 0 Å². The van der Waals surface area contributed by atoms with Crippen LogP contribution in [0.5, 0.6) is 0 Å². The SMILES string of the molecule is CC(NC(=O)C1(N)CCOCC1)c1cc(F)ccc1N1CCN(C)CC1. The maximum atomic E-state index is 13.9. The van der Waals surface area contributed by atoms with Gasteiger partial charge in [-0.3, -0.25) is 4.79 Å². The van der Waals surface area contributed by atoms with Gasteiger partial charge in [-0.2, -0.15) is 0 Å². The topological polar surface area (TPSA) is 70.8 Å². The molecule has 1 atom stereocenters. The number of hydrogen-bond donors (Lipinski definition) is 2. The first-order chi connectivity index (χ1) is 12.4. The number of nitrogens with zero attached hydrogens (tertiary/aromatic N) is 2. The van der Waals surface area contributed by atoms with Gasteiger partial charge in [0.2, 0.25) is 5.91 Å². The second kappa shape index (κ2) is 7.90. The molecule has 1 aromatic carbocycles. The van der Waals surface area contributed by atoms with Crippen LogP contribution in [0.4, 0.5) is 10.1 Å². The maximum absolute atomic E-state index is 13.9. The summed E-state index contributed by atoms with van der Waals surface area (Å²) in [4.78, 5) is 17.2. The lowest BCUT2D eigenvalue weighted by Gasteiger charge is -2.37. The number of carbonyl (C=O) groups is 1. The molecule has 0 saturated carbocycles. The van der Waals surface area contributed by atoms with Gasteiger partial charge in [-0.05, 0) is 45.0 Å². The fraction of sp³-hybridized carbons (Fsp3) is 0.632. The first-order valence-corrected chi connectivity index (χ1v) is 9.29. The number of ether oxygens (including phenoxy) is 1. The van der Waals surface area contributed by atoms with Gasteiger partial charge >= 0.3 is 0 Å². The number of nitrogens with two attached hydrogens (primary N) is 1. The van der Waals surface area contributed by atoms with Gasteiger partial charge in [0, 0.05) is 50.6 Å². The first kappa shape index (κ1) is 19.1. The van der Waals surface area contributed by atoms with Gasteiger partial charge < -0.3 is 25.6 Å². The molecule has 2 aliphatic rings. The highest BCUT2D eigenvalue weighted by atomic mass is 19.1. The van der Waals surface area contributed by atoms with E-state index >= 15 is 0 Å². The van der Waals surface area contributed by atoms with Crippen LogP contribution in [0.25, 0.3) is 0 Å². The Bertz CT molecular complexity index is 640. The molecule has 0 radical (unpaired) electrons. The van der Waals surface area contributed by atoms with Crippen LogP contribution in [0.2, 0.25) is 0 Å². The monoisotopic (exact) mass is 364 g/mol. The molecule has 1 unspecified atom stereocenters. The van der Waals surface area contributed by atoms with Gasteiger partial charge in [-0.15, -0.1) is 0 Å². The van der Waals surface area contributed by atoms with Crippen molar-refractivity contribution in [1.29, 1.82) is 0 Å². The molecule has 2 fully saturated rings. The number of benzene rings is 1. The Morgan fingerprint density at radius 1 is 1.27 bits per heavy atom. The fourth-order valence-electron chi connectivity index (χ4n) is 3.59. The number of carbonyl (C=O) groups excluding carboxylic acids is 1. The standard InChI is InChI=1S/C19H29FN4O2/c1-14(22-18(25)19(21)5-11-26-12-6-19)16-13-15(20)3-4-17(16)24-9-7-23(2)8-10-24/h3-4,13-14H,5-12,21H2,1-2H3,(H,22,25). The van der Waals surface area contributed by atoms with Crippen molar-refractivity contribution in [2.75, 3.05) is 51.3 Å². The lowest BCUT2D eigenvalue weighted by atomic mass is 9.89. The van der Waals surface area contributed by atoms with Crippen molar-refractivity contribution in [1.82, 2.24) is 10.2 Å². The van der Waals surface area contributed by atoms with Crippen LogP contribution in [-0.4, -0.2) is 62.8 Å². The molecule has 1 amide bonds. The molecular weight excluding hydrogens is 335 g/mol. The van der Waals surface area contributed by atoms with E-state index in [4.69, 9.17) is 10.5 Å². The van der Waals surface area contributed by atoms with E-state index in [1.807, 2.05) is 13.0 Å². The number of rotatable bonds is 4. The summed E-state index contributed by atoms with van der Waals surface area (Å²) >= 11 is 0. The third kappa shape index (κ3) is 4.16. The van der Waals surface area contributed by atoms with E-state index in [-0.39, 0.29) is 17.8 Å². The second-order valence-electron chi connectivity index (χ2n) is 7.46. The van der Waals surface area contributed by atoms with E-state index in [2.05, 4.69) is 22.2 Å². The average Bonchev–Trinajstić information content (AvgIpc) is 2.63. The molecule has 0 aliphatic carbocycles. The number of hydrogen-bond acceptors (Lipinski definition) is 5. The van der Waals surface area contributed by atoms with Crippen molar-refractivity contribution in [3.8, 4) is 0 Å². The van der Waals surface area contributed by atoms with Crippen LogP contribution < -0.4 is 16.0 Å². The molecule has 6 nitrogen and oxygen atoms in total. The smallest absolute Gasteiger partial charge is 0.240 e. The molecule has 1 aromatic rings. The van der Waals surface area contributed by atoms with Crippen molar-refractivity contribution >= 4 is 11.6 Å². The molecule has 2 aliphatic heterocycles. The number of likely N-dealkylation sites (N-methyl/N-ethyl adjacent to an activating group) is 1. The minimum absolute atomic E-state index is 0.193. The van der Waals surface area contributed by atoms with Crippen LogP contribution in [-0.2, 0) is 9.53 Å². The van der Waals surface area contributed by atoms with Gasteiger partial charge in [0.25, 0.3) is 0 Å². The number of piperazine rings is 1. The minimum atomic E-state index is -0.909. The van der Waals surface area contributed by atoms with Crippen LogP contribution in [0, 0.1) is 5.82 Å².